The molecule has 0 aliphatic heterocycles. The summed E-state index contributed by atoms with van der Waals surface area (Å²) >= 11 is 0. The van der Waals surface area contributed by atoms with Crippen molar-refractivity contribution in [3.63, 3.8) is 0 Å². The van der Waals surface area contributed by atoms with E-state index in [9.17, 15) is 5.11 Å². The highest BCUT2D eigenvalue weighted by molar-refractivity contribution is 4.98. The van der Waals surface area contributed by atoms with Gasteiger partial charge in [0.25, 0.3) is 0 Å². The summed E-state index contributed by atoms with van der Waals surface area (Å²) < 4.78 is 6.00. The maximum absolute atomic E-state index is 9.82. The van der Waals surface area contributed by atoms with Gasteiger partial charge >= 0.3 is 0 Å². The molecular weight excluding hydrogens is 238 g/mol. The Morgan fingerprint density at radius 2 is 2.00 bits per heavy atom. The van der Waals surface area contributed by atoms with Crippen LogP contribution in [0.4, 0.5) is 0 Å². The van der Waals surface area contributed by atoms with Crippen molar-refractivity contribution >= 4 is 0 Å². The minimum Gasteiger partial charge on any atom is -0.394 e. The number of aliphatic hydroxyl groups is 1. The molecule has 0 aromatic heterocycles. The molecule has 19 heavy (non-hydrogen) atoms. The fraction of sp³-hybridized carbons (Fsp3) is 1.00. The summed E-state index contributed by atoms with van der Waals surface area (Å²) in [6, 6.07) is 0. The predicted octanol–water partition coefficient (Wildman–Crippen LogP) is 2.87. The number of aliphatic hydroxyl groups excluding tert-OH is 1. The van der Waals surface area contributed by atoms with Crippen molar-refractivity contribution < 1.29 is 9.84 Å². The summed E-state index contributed by atoms with van der Waals surface area (Å²) in [5.74, 6) is 0.588. The van der Waals surface area contributed by atoms with Gasteiger partial charge in [0.15, 0.2) is 0 Å². The summed E-state index contributed by atoms with van der Waals surface area (Å²) in [4.78, 5) is 0. The molecule has 0 aromatic carbocycles. The monoisotopic (exact) mass is 269 g/mol. The largest absolute Gasteiger partial charge is 0.394 e. The first-order valence-electron chi connectivity index (χ1n) is 8.28. The molecule has 2 atom stereocenters. The Kier molecular flexibility index (Phi) is 6.11. The quantitative estimate of drug-likeness (QED) is 0.712. The smallest absolute Gasteiger partial charge is 0.0616 e. The molecule has 2 N–H and O–H groups in total. The maximum Gasteiger partial charge on any atom is 0.0616 e. The fourth-order valence-corrected chi connectivity index (χ4v) is 3.87. The SMILES string of the molecule is CCCNC1(CO)CCCC1CCOC1CCCC1. The number of rotatable bonds is 8. The van der Waals surface area contributed by atoms with Crippen molar-refractivity contribution in [2.45, 2.75) is 76.4 Å². The second-order valence-electron chi connectivity index (χ2n) is 6.40. The van der Waals surface area contributed by atoms with Crippen LogP contribution in [0.1, 0.15) is 64.7 Å². The standard InChI is InChI=1S/C16H31NO2/c1-2-11-17-16(13-18)10-5-6-14(16)9-12-19-15-7-3-4-8-15/h14-15,17-18H,2-13H2,1H3. The van der Waals surface area contributed by atoms with Gasteiger partial charge in [0.05, 0.1) is 12.7 Å². The normalized spacial score (nSPS) is 32.2. The van der Waals surface area contributed by atoms with Crippen molar-refractivity contribution in [3.8, 4) is 0 Å². The van der Waals surface area contributed by atoms with E-state index in [1.54, 1.807) is 0 Å². The van der Waals surface area contributed by atoms with Crippen molar-refractivity contribution in [1.29, 1.82) is 0 Å². The molecular formula is C16H31NO2. The van der Waals surface area contributed by atoms with E-state index in [1.807, 2.05) is 0 Å². The zero-order chi connectivity index (χ0) is 13.6. The number of hydrogen-bond donors (Lipinski definition) is 2. The number of hydrogen-bond acceptors (Lipinski definition) is 3. The Hall–Kier alpha value is -0.120. The summed E-state index contributed by atoms with van der Waals surface area (Å²) in [6.07, 6.45) is 11.6. The Bertz CT molecular complexity index is 253. The van der Waals surface area contributed by atoms with Gasteiger partial charge < -0.3 is 15.2 Å². The first-order chi connectivity index (χ1) is 9.30. The lowest BCUT2D eigenvalue weighted by Gasteiger charge is -2.35. The van der Waals surface area contributed by atoms with E-state index in [-0.39, 0.29) is 12.1 Å². The molecule has 0 bridgehead atoms. The molecule has 3 nitrogen and oxygen atoms in total. The molecule has 0 saturated heterocycles. The Balaban J connectivity index is 1.76. The third-order valence-corrected chi connectivity index (χ3v) is 5.09. The van der Waals surface area contributed by atoms with E-state index >= 15 is 0 Å². The summed E-state index contributed by atoms with van der Waals surface area (Å²) in [6.45, 7) is 4.36. The van der Waals surface area contributed by atoms with Crippen molar-refractivity contribution in [1.82, 2.24) is 5.32 Å². The Morgan fingerprint density at radius 3 is 2.68 bits per heavy atom. The van der Waals surface area contributed by atoms with Crippen molar-refractivity contribution in [2.75, 3.05) is 19.8 Å². The molecule has 0 amide bonds. The maximum atomic E-state index is 9.82. The molecule has 112 valence electrons. The zero-order valence-electron chi connectivity index (χ0n) is 12.5. The molecule has 2 saturated carbocycles. The average molecular weight is 269 g/mol. The Morgan fingerprint density at radius 1 is 1.21 bits per heavy atom. The summed E-state index contributed by atoms with van der Waals surface area (Å²) in [5.41, 5.74) is -0.0188. The van der Waals surface area contributed by atoms with Crippen LogP contribution in [0, 0.1) is 5.92 Å². The highest BCUT2D eigenvalue weighted by atomic mass is 16.5. The summed E-state index contributed by atoms with van der Waals surface area (Å²) in [5, 5.41) is 13.4. The molecule has 2 aliphatic carbocycles. The van der Waals surface area contributed by atoms with Gasteiger partial charge in [0.2, 0.25) is 0 Å². The van der Waals surface area contributed by atoms with Crippen molar-refractivity contribution in [2.24, 2.45) is 5.92 Å². The highest BCUT2D eigenvalue weighted by Gasteiger charge is 2.41. The van der Waals surface area contributed by atoms with E-state index in [0.29, 0.717) is 12.0 Å². The van der Waals surface area contributed by atoms with Crippen molar-refractivity contribution in [3.05, 3.63) is 0 Å². The average Bonchev–Trinajstić information content (AvgIpc) is 3.07. The third-order valence-electron chi connectivity index (χ3n) is 5.09. The van der Waals surface area contributed by atoms with Crippen LogP contribution in [0.25, 0.3) is 0 Å². The highest BCUT2D eigenvalue weighted by Crippen LogP contribution is 2.38. The van der Waals surface area contributed by atoms with Crippen LogP contribution in [-0.4, -0.2) is 36.5 Å². The van der Waals surface area contributed by atoms with Gasteiger partial charge in [0.1, 0.15) is 0 Å². The van der Waals surface area contributed by atoms with Crippen LogP contribution >= 0.6 is 0 Å². The Labute approximate surface area is 118 Å². The minimum absolute atomic E-state index is 0.0188. The molecule has 3 heteroatoms. The van der Waals surface area contributed by atoms with E-state index in [0.717, 1.165) is 32.4 Å². The van der Waals surface area contributed by atoms with E-state index < -0.39 is 0 Å². The molecule has 0 spiro atoms. The molecule has 2 fully saturated rings. The molecule has 0 heterocycles. The van der Waals surface area contributed by atoms with Gasteiger partial charge in [-0.3, -0.25) is 0 Å². The van der Waals surface area contributed by atoms with Gasteiger partial charge in [-0.05, 0) is 51.0 Å². The lowest BCUT2D eigenvalue weighted by atomic mass is 9.85. The predicted molar refractivity (Wildman–Crippen MR) is 78.3 cm³/mol. The number of ether oxygens (including phenoxy) is 1. The molecule has 0 aromatic rings. The molecule has 0 radical (unpaired) electrons. The third kappa shape index (κ3) is 3.93. The first kappa shape index (κ1) is 15.3. The topological polar surface area (TPSA) is 41.5 Å². The van der Waals surface area contributed by atoms with Crippen LogP contribution in [0.15, 0.2) is 0 Å². The van der Waals surface area contributed by atoms with E-state index in [1.165, 1.54) is 38.5 Å². The van der Waals surface area contributed by atoms with Gasteiger partial charge in [-0.15, -0.1) is 0 Å². The minimum atomic E-state index is -0.0188. The number of nitrogens with one attached hydrogen (secondary N) is 1. The second-order valence-corrected chi connectivity index (χ2v) is 6.40. The van der Waals surface area contributed by atoms with Crippen LogP contribution in [-0.2, 0) is 4.74 Å². The van der Waals surface area contributed by atoms with Gasteiger partial charge in [-0.25, -0.2) is 0 Å². The van der Waals surface area contributed by atoms with Crippen LogP contribution in [0.2, 0.25) is 0 Å². The van der Waals surface area contributed by atoms with Gasteiger partial charge in [-0.1, -0.05) is 26.2 Å². The first-order valence-corrected chi connectivity index (χ1v) is 8.28. The van der Waals surface area contributed by atoms with Crippen LogP contribution in [0.5, 0.6) is 0 Å². The molecule has 2 unspecified atom stereocenters. The molecule has 2 rings (SSSR count). The van der Waals surface area contributed by atoms with Crippen LogP contribution in [0.3, 0.4) is 0 Å². The van der Waals surface area contributed by atoms with Crippen LogP contribution < -0.4 is 5.32 Å². The van der Waals surface area contributed by atoms with Gasteiger partial charge in [0, 0.05) is 12.1 Å². The summed E-state index contributed by atoms with van der Waals surface area (Å²) in [7, 11) is 0. The van der Waals surface area contributed by atoms with E-state index in [2.05, 4.69) is 12.2 Å². The second kappa shape index (κ2) is 7.61. The lowest BCUT2D eigenvalue weighted by Crippen LogP contribution is -2.52. The van der Waals surface area contributed by atoms with E-state index in [4.69, 9.17) is 4.74 Å². The fourth-order valence-electron chi connectivity index (χ4n) is 3.87. The molecule has 2 aliphatic rings. The lowest BCUT2D eigenvalue weighted by molar-refractivity contribution is 0.0346. The zero-order valence-corrected chi connectivity index (χ0v) is 12.5. The van der Waals surface area contributed by atoms with Gasteiger partial charge in [-0.2, -0.15) is 0 Å².